The van der Waals surface area contributed by atoms with E-state index < -0.39 is 18.6 Å². The Hall–Kier alpha value is -1.02. The maximum absolute atomic E-state index is 5.14. The SMILES string of the molecule is CC(C)c1cccc2[cH-]ccc12.CC(C)c1cccc2[cH-]ccc12.[CH2]=[Hf]([Cl])[Cl]. The van der Waals surface area contributed by atoms with Crippen molar-refractivity contribution in [2.75, 3.05) is 0 Å². The summed E-state index contributed by atoms with van der Waals surface area (Å²) in [6.07, 6.45) is 0. The van der Waals surface area contributed by atoms with E-state index in [1.807, 2.05) is 0 Å². The molecule has 0 N–H and O–H groups in total. The van der Waals surface area contributed by atoms with Crippen LogP contribution in [-0.4, -0.2) is 4.26 Å². The second-order valence-electron chi connectivity index (χ2n) is 7.40. The zero-order valence-electron chi connectivity index (χ0n) is 17.0. The number of rotatable bonds is 2. The summed E-state index contributed by atoms with van der Waals surface area (Å²) in [7, 11) is 10.3. The van der Waals surface area contributed by atoms with E-state index in [9.17, 15) is 0 Å². The predicted molar refractivity (Wildman–Crippen MR) is 126 cm³/mol. The average molecular weight is 578 g/mol. The molecular weight excluding hydrogens is 550 g/mol. The topological polar surface area (TPSA) is 0 Å². The Balaban J connectivity index is 0.000000169. The first-order valence-electron chi connectivity index (χ1n) is 9.59. The Labute approximate surface area is 184 Å². The number of halogens is 2. The van der Waals surface area contributed by atoms with Gasteiger partial charge in [0.15, 0.2) is 0 Å². The van der Waals surface area contributed by atoms with E-state index >= 15 is 0 Å². The molecule has 0 fully saturated rings. The number of benzene rings is 2. The minimum absolute atomic E-state index is 0.621. The molecule has 4 rings (SSSR count). The van der Waals surface area contributed by atoms with Gasteiger partial charge in [0, 0.05) is 0 Å². The van der Waals surface area contributed by atoms with Crippen LogP contribution in [0.3, 0.4) is 0 Å². The third-order valence-electron chi connectivity index (χ3n) is 4.67. The molecule has 0 aliphatic heterocycles. The van der Waals surface area contributed by atoms with Crippen LogP contribution in [-0.2, 0) is 18.6 Å². The van der Waals surface area contributed by atoms with Crippen molar-refractivity contribution in [3.05, 3.63) is 83.9 Å². The van der Waals surface area contributed by atoms with Crippen LogP contribution >= 0.6 is 17.2 Å². The van der Waals surface area contributed by atoms with Crippen LogP contribution in [0.25, 0.3) is 21.5 Å². The predicted octanol–water partition coefficient (Wildman–Crippen LogP) is 8.71. The van der Waals surface area contributed by atoms with Crippen LogP contribution < -0.4 is 0 Å². The number of fused-ring (bicyclic) bond motifs is 2. The molecule has 0 amide bonds. The van der Waals surface area contributed by atoms with Crippen LogP contribution in [0.15, 0.2) is 72.8 Å². The monoisotopic (exact) mass is 578 g/mol. The van der Waals surface area contributed by atoms with Gasteiger partial charge in [-0.15, -0.1) is 57.9 Å². The van der Waals surface area contributed by atoms with E-state index in [0.29, 0.717) is 11.8 Å². The van der Waals surface area contributed by atoms with Gasteiger partial charge >= 0.3 is 40.0 Å². The maximum atomic E-state index is 5.14. The molecule has 0 saturated carbocycles. The van der Waals surface area contributed by atoms with Crippen LogP contribution in [0.1, 0.15) is 50.7 Å². The summed E-state index contributed by atoms with van der Waals surface area (Å²) in [5.74, 6) is 1.24. The first kappa shape index (κ1) is 23.3. The van der Waals surface area contributed by atoms with Gasteiger partial charge < -0.3 is 0 Å². The molecule has 0 saturated heterocycles. The zero-order valence-corrected chi connectivity index (χ0v) is 22.2. The van der Waals surface area contributed by atoms with Gasteiger partial charge in [0.2, 0.25) is 0 Å². The third-order valence-corrected chi connectivity index (χ3v) is 4.67. The summed E-state index contributed by atoms with van der Waals surface area (Å²) >= 11 is -1.96. The van der Waals surface area contributed by atoms with E-state index in [4.69, 9.17) is 17.2 Å². The van der Waals surface area contributed by atoms with E-state index in [2.05, 4.69) is 105 Å². The molecule has 0 spiro atoms. The van der Waals surface area contributed by atoms with Gasteiger partial charge in [-0.05, 0) is 11.8 Å². The summed E-state index contributed by atoms with van der Waals surface area (Å²) in [5, 5.41) is 5.54. The Morgan fingerprint density at radius 2 is 1.07 bits per heavy atom. The van der Waals surface area contributed by atoms with Crippen LogP contribution in [0, 0.1) is 0 Å². The molecule has 0 aliphatic carbocycles. The van der Waals surface area contributed by atoms with Crippen LogP contribution in [0.4, 0.5) is 0 Å². The zero-order chi connectivity index (χ0) is 20.7. The molecule has 0 bridgehead atoms. The molecule has 0 aromatic heterocycles. The van der Waals surface area contributed by atoms with Gasteiger partial charge in [-0.3, -0.25) is 0 Å². The van der Waals surface area contributed by atoms with Gasteiger partial charge in [0.1, 0.15) is 0 Å². The normalized spacial score (nSPS) is 10.6. The third kappa shape index (κ3) is 6.51. The molecule has 4 aromatic rings. The van der Waals surface area contributed by atoms with Crippen molar-refractivity contribution in [2.24, 2.45) is 0 Å². The van der Waals surface area contributed by atoms with E-state index in [0.717, 1.165) is 0 Å². The Morgan fingerprint density at radius 3 is 1.39 bits per heavy atom. The summed E-state index contributed by atoms with van der Waals surface area (Å²) < 4.78 is 3.38. The molecule has 0 aliphatic rings. The summed E-state index contributed by atoms with van der Waals surface area (Å²) in [4.78, 5) is 0. The minimum atomic E-state index is -1.96. The van der Waals surface area contributed by atoms with Crippen molar-refractivity contribution in [1.29, 1.82) is 0 Å². The second-order valence-corrected chi connectivity index (χ2v) is 18.9. The van der Waals surface area contributed by atoms with Crippen molar-refractivity contribution in [1.82, 2.24) is 0 Å². The number of hydrogen-bond acceptors (Lipinski definition) is 0. The van der Waals surface area contributed by atoms with Gasteiger partial charge in [-0.2, -0.15) is 24.3 Å². The average Bonchev–Trinajstić information content (AvgIpc) is 3.29. The van der Waals surface area contributed by atoms with Crippen molar-refractivity contribution in [3.8, 4) is 0 Å². The molecule has 28 heavy (non-hydrogen) atoms. The molecule has 0 atom stereocenters. The first-order valence-corrected chi connectivity index (χ1v) is 21.0. The summed E-state index contributed by atoms with van der Waals surface area (Å²) in [6.45, 7) is 8.95. The fourth-order valence-corrected chi connectivity index (χ4v) is 3.38. The molecule has 148 valence electrons. The fourth-order valence-electron chi connectivity index (χ4n) is 3.38. The quantitative estimate of drug-likeness (QED) is 0.165. The van der Waals surface area contributed by atoms with Crippen molar-refractivity contribution < 1.29 is 18.6 Å². The van der Waals surface area contributed by atoms with Crippen molar-refractivity contribution in [3.63, 3.8) is 0 Å². The second kappa shape index (κ2) is 11.2. The Bertz CT molecular complexity index is 939. The van der Waals surface area contributed by atoms with Crippen LogP contribution in [0.5, 0.6) is 0 Å². The Kier molecular flexibility index (Phi) is 9.34. The van der Waals surface area contributed by atoms with Gasteiger partial charge in [-0.1, -0.05) is 51.0 Å². The molecule has 0 unspecified atom stereocenters. The standard InChI is InChI=1S/2C12H13.CH2.2ClH.Hf/c2*1-9(2)11-7-3-5-10-6-4-8-12(10)11;;;;/h2*3-9H,1-2H3;1H2;2*1H;/q2*-1;;;;+2/p-2. The fraction of sp³-hybridized carbons (Fsp3) is 0.240. The Morgan fingerprint density at radius 1 is 0.714 bits per heavy atom. The van der Waals surface area contributed by atoms with Crippen LogP contribution in [0.2, 0.25) is 0 Å². The number of hydrogen-bond donors (Lipinski definition) is 0. The van der Waals surface area contributed by atoms with E-state index in [1.165, 1.54) is 32.7 Å². The van der Waals surface area contributed by atoms with Crippen molar-refractivity contribution in [2.45, 2.75) is 39.5 Å². The molecule has 0 nitrogen and oxygen atoms in total. The van der Waals surface area contributed by atoms with E-state index in [-0.39, 0.29) is 0 Å². The molecule has 3 heteroatoms. The molecule has 0 heterocycles. The van der Waals surface area contributed by atoms with Gasteiger partial charge in [-0.25, -0.2) is 0 Å². The summed E-state index contributed by atoms with van der Waals surface area (Å²) in [6, 6.07) is 26.0. The molecule has 0 radical (unpaired) electrons. The van der Waals surface area contributed by atoms with E-state index in [1.54, 1.807) is 0 Å². The van der Waals surface area contributed by atoms with Gasteiger partial charge in [0.25, 0.3) is 0 Å². The summed E-state index contributed by atoms with van der Waals surface area (Å²) in [5.41, 5.74) is 2.91. The molecule has 4 aromatic carbocycles. The first-order chi connectivity index (χ1) is 13.3. The molecular formula is C25H28Cl2Hf-2. The van der Waals surface area contributed by atoms with Crippen molar-refractivity contribution >= 4 is 43.0 Å². The van der Waals surface area contributed by atoms with Gasteiger partial charge in [0.05, 0.1) is 0 Å².